The molecule has 0 spiro atoms. The van der Waals surface area contributed by atoms with Crippen LogP contribution in [0.15, 0.2) is 24.4 Å². The molecule has 1 aliphatic rings. The number of rotatable bonds is 5. The normalized spacial score (nSPS) is 18.8. The van der Waals surface area contributed by atoms with Crippen molar-refractivity contribution in [3.8, 4) is 0 Å². The quantitative estimate of drug-likeness (QED) is 0.753. The van der Waals surface area contributed by atoms with Crippen molar-refractivity contribution in [2.75, 3.05) is 17.2 Å². The Kier molecular flexibility index (Phi) is 4.48. The van der Waals surface area contributed by atoms with Gasteiger partial charge in [0.25, 0.3) is 0 Å². The lowest BCUT2D eigenvalue weighted by atomic mass is 10.1. The number of carbonyl (C=O) groups is 1. The van der Waals surface area contributed by atoms with Crippen LogP contribution in [0.5, 0.6) is 0 Å². The number of halogens is 1. The Morgan fingerprint density at radius 1 is 1.39 bits per heavy atom. The second-order valence-electron chi connectivity index (χ2n) is 5.64. The number of anilines is 1. The SMILES string of the molecule is Cc1ccc(Cn2nccc2N2CC(CS(=O)(=O)Cl)CC2=O)s1. The largest absolute Gasteiger partial charge is 0.297 e. The van der Waals surface area contributed by atoms with E-state index < -0.39 is 9.05 Å². The molecule has 0 saturated carbocycles. The number of aryl methyl sites for hydroxylation is 1. The number of carbonyl (C=O) groups excluding carboxylic acids is 1. The minimum atomic E-state index is -3.61. The van der Waals surface area contributed by atoms with E-state index >= 15 is 0 Å². The van der Waals surface area contributed by atoms with Gasteiger partial charge in [-0.1, -0.05) is 0 Å². The summed E-state index contributed by atoms with van der Waals surface area (Å²) in [6.07, 6.45) is 1.84. The van der Waals surface area contributed by atoms with Gasteiger partial charge in [0.05, 0.1) is 18.5 Å². The van der Waals surface area contributed by atoms with Gasteiger partial charge in [0.2, 0.25) is 15.0 Å². The van der Waals surface area contributed by atoms with Crippen LogP contribution in [0.4, 0.5) is 5.82 Å². The van der Waals surface area contributed by atoms with Gasteiger partial charge in [-0.2, -0.15) is 5.10 Å². The molecule has 6 nitrogen and oxygen atoms in total. The zero-order valence-electron chi connectivity index (χ0n) is 12.5. The van der Waals surface area contributed by atoms with Gasteiger partial charge in [-0.3, -0.25) is 9.69 Å². The van der Waals surface area contributed by atoms with Crippen molar-refractivity contribution in [3.63, 3.8) is 0 Å². The van der Waals surface area contributed by atoms with Crippen LogP contribution in [0.2, 0.25) is 0 Å². The van der Waals surface area contributed by atoms with Gasteiger partial charge in [-0.15, -0.1) is 11.3 Å². The monoisotopic (exact) mass is 373 g/mol. The molecule has 1 saturated heterocycles. The standard InChI is InChI=1S/C14H16ClN3O3S2/c1-10-2-3-12(22-10)8-18-13(4-5-16-18)17-7-11(6-14(17)19)9-23(15,20)21/h2-5,11H,6-9H2,1H3. The summed E-state index contributed by atoms with van der Waals surface area (Å²) in [4.78, 5) is 16.2. The molecular formula is C14H16ClN3O3S2. The first-order valence-electron chi connectivity index (χ1n) is 7.11. The van der Waals surface area contributed by atoms with E-state index in [0.717, 1.165) is 4.88 Å². The molecule has 0 aliphatic carbocycles. The summed E-state index contributed by atoms with van der Waals surface area (Å²) >= 11 is 1.69. The van der Waals surface area contributed by atoms with Crippen molar-refractivity contribution in [2.24, 2.45) is 5.92 Å². The highest BCUT2D eigenvalue weighted by molar-refractivity contribution is 8.13. The van der Waals surface area contributed by atoms with Crippen LogP contribution in [-0.4, -0.2) is 36.4 Å². The van der Waals surface area contributed by atoms with E-state index in [-0.39, 0.29) is 24.0 Å². The molecule has 1 fully saturated rings. The highest BCUT2D eigenvalue weighted by Crippen LogP contribution is 2.27. The van der Waals surface area contributed by atoms with E-state index in [4.69, 9.17) is 10.7 Å². The third kappa shape index (κ3) is 3.94. The van der Waals surface area contributed by atoms with Crippen LogP contribution in [-0.2, 0) is 20.4 Å². The first kappa shape index (κ1) is 16.5. The van der Waals surface area contributed by atoms with Crippen molar-refractivity contribution in [3.05, 3.63) is 34.2 Å². The van der Waals surface area contributed by atoms with Crippen molar-refractivity contribution in [2.45, 2.75) is 19.9 Å². The summed E-state index contributed by atoms with van der Waals surface area (Å²) in [6.45, 7) is 2.97. The fraction of sp³-hybridized carbons (Fsp3) is 0.429. The zero-order chi connectivity index (χ0) is 16.6. The van der Waals surface area contributed by atoms with Gasteiger partial charge in [-0.25, -0.2) is 13.1 Å². The Bertz CT molecular complexity index is 828. The van der Waals surface area contributed by atoms with Crippen LogP contribution in [0.25, 0.3) is 0 Å². The summed E-state index contributed by atoms with van der Waals surface area (Å²) in [6, 6.07) is 5.86. The predicted octanol–water partition coefficient (Wildman–Crippen LogP) is 2.22. The van der Waals surface area contributed by atoms with Crippen LogP contribution in [0.3, 0.4) is 0 Å². The molecule has 3 rings (SSSR count). The first-order chi connectivity index (χ1) is 10.8. The summed E-state index contributed by atoms with van der Waals surface area (Å²) in [5.41, 5.74) is 0. The van der Waals surface area contributed by atoms with Crippen LogP contribution in [0, 0.1) is 12.8 Å². The summed E-state index contributed by atoms with van der Waals surface area (Å²) in [7, 11) is 1.69. The number of aromatic nitrogens is 2. The van der Waals surface area contributed by atoms with Gasteiger partial charge >= 0.3 is 0 Å². The van der Waals surface area contributed by atoms with Crippen molar-refractivity contribution in [1.29, 1.82) is 0 Å². The Labute approximate surface area is 143 Å². The third-order valence-electron chi connectivity index (χ3n) is 3.71. The Morgan fingerprint density at radius 2 is 2.17 bits per heavy atom. The molecule has 0 bridgehead atoms. The average Bonchev–Trinajstić information content (AvgIpc) is 3.10. The lowest BCUT2D eigenvalue weighted by Crippen LogP contribution is -2.28. The molecule has 3 heterocycles. The molecule has 0 aromatic carbocycles. The topological polar surface area (TPSA) is 72.3 Å². The number of hydrogen-bond acceptors (Lipinski definition) is 5. The zero-order valence-corrected chi connectivity index (χ0v) is 14.9. The summed E-state index contributed by atoms with van der Waals surface area (Å²) in [5.74, 6) is 0.127. The van der Waals surface area contributed by atoms with E-state index in [2.05, 4.69) is 5.10 Å². The van der Waals surface area contributed by atoms with Gasteiger partial charge in [-0.05, 0) is 19.1 Å². The molecule has 124 valence electrons. The first-order valence-corrected chi connectivity index (χ1v) is 10.4. The number of hydrogen-bond donors (Lipinski definition) is 0. The predicted molar refractivity (Wildman–Crippen MR) is 90.5 cm³/mol. The smallest absolute Gasteiger partial charge is 0.232 e. The molecule has 23 heavy (non-hydrogen) atoms. The molecule has 2 aromatic heterocycles. The van der Waals surface area contributed by atoms with Crippen molar-refractivity contribution < 1.29 is 13.2 Å². The van der Waals surface area contributed by atoms with E-state index in [9.17, 15) is 13.2 Å². The average molecular weight is 374 g/mol. The second-order valence-corrected chi connectivity index (χ2v) is 9.83. The third-order valence-corrected chi connectivity index (χ3v) is 5.95. The lowest BCUT2D eigenvalue weighted by Gasteiger charge is -2.17. The highest BCUT2D eigenvalue weighted by atomic mass is 35.7. The van der Waals surface area contributed by atoms with Gasteiger partial charge < -0.3 is 0 Å². The lowest BCUT2D eigenvalue weighted by molar-refractivity contribution is -0.117. The Morgan fingerprint density at radius 3 is 2.83 bits per heavy atom. The summed E-state index contributed by atoms with van der Waals surface area (Å²) < 4.78 is 24.2. The molecule has 9 heteroatoms. The summed E-state index contributed by atoms with van der Waals surface area (Å²) in [5, 5.41) is 4.28. The molecular weight excluding hydrogens is 358 g/mol. The molecule has 1 atom stereocenters. The number of amides is 1. The molecule has 0 N–H and O–H groups in total. The molecule has 1 amide bonds. The van der Waals surface area contributed by atoms with Crippen molar-refractivity contribution >= 4 is 42.8 Å². The Balaban J connectivity index is 1.77. The maximum Gasteiger partial charge on any atom is 0.232 e. The molecule has 0 radical (unpaired) electrons. The molecule has 2 aromatic rings. The van der Waals surface area contributed by atoms with Crippen molar-refractivity contribution in [1.82, 2.24) is 9.78 Å². The highest BCUT2D eigenvalue weighted by Gasteiger charge is 2.34. The van der Waals surface area contributed by atoms with Gasteiger partial charge in [0.1, 0.15) is 5.82 Å². The number of thiophene rings is 1. The maximum atomic E-state index is 12.2. The van der Waals surface area contributed by atoms with E-state index in [1.54, 1.807) is 33.2 Å². The second kappa shape index (κ2) is 6.26. The van der Waals surface area contributed by atoms with Crippen LogP contribution < -0.4 is 4.90 Å². The fourth-order valence-corrected chi connectivity index (χ4v) is 4.98. The Hall–Kier alpha value is -1.38. The minimum absolute atomic E-state index is 0.0978. The van der Waals surface area contributed by atoms with E-state index in [1.807, 2.05) is 19.1 Å². The maximum absolute atomic E-state index is 12.2. The van der Waals surface area contributed by atoms with E-state index in [0.29, 0.717) is 18.9 Å². The van der Waals surface area contributed by atoms with Crippen LogP contribution in [0.1, 0.15) is 16.2 Å². The van der Waals surface area contributed by atoms with Crippen LogP contribution >= 0.6 is 22.0 Å². The molecule has 1 aliphatic heterocycles. The molecule has 1 unspecified atom stereocenters. The number of nitrogens with zero attached hydrogens (tertiary/aromatic N) is 3. The van der Waals surface area contributed by atoms with Gasteiger partial charge in [0, 0.05) is 45.4 Å². The van der Waals surface area contributed by atoms with E-state index in [1.165, 1.54) is 4.88 Å². The van der Waals surface area contributed by atoms with Gasteiger partial charge in [0.15, 0.2) is 0 Å². The minimum Gasteiger partial charge on any atom is -0.297 e. The fourth-order valence-electron chi connectivity index (χ4n) is 2.79.